The van der Waals surface area contributed by atoms with Crippen molar-refractivity contribution in [2.45, 2.75) is 26.2 Å². The Labute approximate surface area is 114 Å². The van der Waals surface area contributed by atoms with Gasteiger partial charge in [0, 0.05) is 18.7 Å². The number of hydrogen-bond donors (Lipinski definition) is 0. The van der Waals surface area contributed by atoms with Crippen LogP contribution in [-0.4, -0.2) is 38.1 Å². The topological polar surface area (TPSA) is 38.8 Å². The van der Waals surface area contributed by atoms with E-state index >= 15 is 0 Å². The summed E-state index contributed by atoms with van der Waals surface area (Å²) in [5.74, 6) is 1.40. The van der Waals surface area contributed by atoms with Crippen molar-refractivity contribution in [1.82, 2.24) is 4.90 Å². The minimum atomic E-state index is 0.107. The van der Waals surface area contributed by atoms with Gasteiger partial charge in [-0.05, 0) is 37.0 Å². The van der Waals surface area contributed by atoms with E-state index in [4.69, 9.17) is 9.47 Å². The van der Waals surface area contributed by atoms with E-state index in [1.165, 1.54) is 0 Å². The van der Waals surface area contributed by atoms with E-state index in [2.05, 4.69) is 0 Å². The normalized spacial score (nSPS) is 14.6. The lowest BCUT2D eigenvalue weighted by atomic mass is 10.0. The molecule has 2 rings (SSSR count). The van der Waals surface area contributed by atoms with Crippen molar-refractivity contribution in [3.05, 3.63) is 23.3 Å². The molecule has 1 heterocycles. The molecule has 0 bridgehead atoms. The van der Waals surface area contributed by atoms with Crippen LogP contribution in [0.1, 0.15) is 35.7 Å². The Morgan fingerprint density at radius 2 is 1.74 bits per heavy atom. The third kappa shape index (κ3) is 2.67. The summed E-state index contributed by atoms with van der Waals surface area (Å²) in [4.78, 5) is 14.4. The predicted molar refractivity (Wildman–Crippen MR) is 74.1 cm³/mol. The average molecular weight is 263 g/mol. The van der Waals surface area contributed by atoms with Crippen molar-refractivity contribution in [3.8, 4) is 11.5 Å². The molecule has 1 aromatic rings. The second-order valence-electron chi connectivity index (χ2n) is 4.72. The molecule has 0 radical (unpaired) electrons. The van der Waals surface area contributed by atoms with E-state index in [1.54, 1.807) is 20.3 Å². The fraction of sp³-hybridized carbons (Fsp3) is 0.533. The van der Waals surface area contributed by atoms with Gasteiger partial charge in [-0.25, -0.2) is 0 Å². The zero-order valence-electron chi connectivity index (χ0n) is 11.9. The van der Waals surface area contributed by atoms with Crippen LogP contribution in [0.25, 0.3) is 0 Å². The predicted octanol–water partition coefficient (Wildman–Crippen LogP) is 2.50. The third-order valence-electron chi connectivity index (χ3n) is 3.61. The molecular formula is C15H21NO3. The van der Waals surface area contributed by atoms with Crippen molar-refractivity contribution in [3.63, 3.8) is 0 Å². The highest BCUT2D eigenvalue weighted by Gasteiger charge is 2.23. The average Bonchev–Trinajstić information content (AvgIpc) is 2.99. The zero-order valence-corrected chi connectivity index (χ0v) is 11.9. The molecule has 0 unspecified atom stereocenters. The number of benzene rings is 1. The summed E-state index contributed by atoms with van der Waals surface area (Å²) in [7, 11) is 3.20. The van der Waals surface area contributed by atoms with E-state index in [1.807, 2.05) is 17.9 Å². The first-order valence-corrected chi connectivity index (χ1v) is 6.75. The first-order chi connectivity index (χ1) is 9.21. The molecule has 0 aromatic heterocycles. The van der Waals surface area contributed by atoms with Gasteiger partial charge in [0.15, 0.2) is 11.5 Å². The van der Waals surface area contributed by atoms with Gasteiger partial charge >= 0.3 is 0 Å². The van der Waals surface area contributed by atoms with Gasteiger partial charge in [-0.3, -0.25) is 4.79 Å². The highest BCUT2D eigenvalue weighted by atomic mass is 16.5. The maximum Gasteiger partial charge on any atom is 0.254 e. The smallest absolute Gasteiger partial charge is 0.254 e. The first-order valence-electron chi connectivity index (χ1n) is 6.75. The molecule has 4 nitrogen and oxygen atoms in total. The van der Waals surface area contributed by atoms with Gasteiger partial charge in [-0.1, -0.05) is 6.92 Å². The van der Waals surface area contributed by atoms with Crippen molar-refractivity contribution in [2.24, 2.45) is 0 Å². The minimum Gasteiger partial charge on any atom is -0.493 e. The summed E-state index contributed by atoms with van der Waals surface area (Å²) in [6.45, 7) is 3.76. The summed E-state index contributed by atoms with van der Waals surface area (Å²) in [5, 5.41) is 0. The Balaban J connectivity index is 2.39. The second kappa shape index (κ2) is 5.95. The van der Waals surface area contributed by atoms with Gasteiger partial charge in [0.1, 0.15) is 0 Å². The summed E-state index contributed by atoms with van der Waals surface area (Å²) in [5.41, 5.74) is 1.75. The van der Waals surface area contributed by atoms with Gasteiger partial charge in [0.2, 0.25) is 0 Å². The summed E-state index contributed by atoms with van der Waals surface area (Å²) in [6, 6.07) is 3.71. The fourth-order valence-electron chi connectivity index (χ4n) is 2.50. The van der Waals surface area contributed by atoms with Crippen LogP contribution in [0.2, 0.25) is 0 Å². The highest BCUT2D eigenvalue weighted by Crippen LogP contribution is 2.31. The van der Waals surface area contributed by atoms with Gasteiger partial charge < -0.3 is 14.4 Å². The Morgan fingerprint density at radius 1 is 1.16 bits per heavy atom. The summed E-state index contributed by atoms with van der Waals surface area (Å²) < 4.78 is 10.6. The third-order valence-corrected chi connectivity index (χ3v) is 3.61. The number of carbonyl (C=O) groups excluding carboxylic acids is 1. The Morgan fingerprint density at radius 3 is 2.26 bits per heavy atom. The maximum atomic E-state index is 12.5. The molecular weight excluding hydrogens is 242 g/mol. The zero-order chi connectivity index (χ0) is 13.8. The van der Waals surface area contributed by atoms with Gasteiger partial charge in [0.25, 0.3) is 5.91 Å². The fourth-order valence-corrected chi connectivity index (χ4v) is 2.50. The molecule has 104 valence electrons. The monoisotopic (exact) mass is 263 g/mol. The lowest BCUT2D eigenvalue weighted by Gasteiger charge is -2.19. The van der Waals surface area contributed by atoms with Crippen molar-refractivity contribution >= 4 is 5.91 Å². The van der Waals surface area contributed by atoms with Crippen LogP contribution in [0, 0.1) is 0 Å². The van der Waals surface area contributed by atoms with Gasteiger partial charge in [0.05, 0.1) is 14.2 Å². The van der Waals surface area contributed by atoms with E-state index in [9.17, 15) is 4.79 Å². The molecule has 4 heteroatoms. The largest absolute Gasteiger partial charge is 0.493 e. The number of aryl methyl sites for hydroxylation is 1. The van der Waals surface area contributed by atoms with E-state index in [0.29, 0.717) is 11.5 Å². The SMILES string of the molecule is CCc1cc(OC)c(OC)cc1C(=O)N1CCCC1. The van der Waals surface area contributed by atoms with E-state index in [-0.39, 0.29) is 5.91 Å². The number of methoxy groups -OCH3 is 2. The van der Waals surface area contributed by atoms with E-state index < -0.39 is 0 Å². The molecule has 19 heavy (non-hydrogen) atoms. The van der Waals surface area contributed by atoms with Crippen LogP contribution < -0.4 is 9.47 Å². The number of ether oxygens (including phenoxy) is 2. The van der Waals surface area contributed by atoms with Crippen LogP contribution in [0.3, 0.4) is 0 Å². The molecule has 1 saturated heterocycles. The van der Waals surface area contributed by atoms with Crippen LogP contribution in [0.15, 0.2) is 12.1 Å². The number of rotatable bonds is 4. The quantitative estimate of drug-likeness (QED) is 0.837. The van der Waals surface area contributed by atoms with Gasteiger partial charge in [-0.15, -0.1) is 0 Å². The van der Waals surface area contributed by atoms with Crippen LogP contribution in [-0.2, 0) is 6.42 Å². The Kier molecular flexibility index (Phi) is 4.30. The Bertz CT molecular complexity index is 465. The number of hydrogen-bond acceptors (Lipinski definition) is 3. The Hall–Kier alpha value is -1.71. The molecule has 1 fully saturated rings. The number of nitrogens with zero attached hydrogens (tertiary/aromatic N) is 1. The molecule has 1 aliphatic heterocycles. The van der Waals surface area contributed by atoms with Crippen LogP contribution in [0.4, 0.5) is 0 Å². The van der Waals surface area contributed by atoms with Gasteiger partial charge in [-0.2, -0.15) is 0 Å². The summed E-state index contributed by atoms with van der Waals surface area (Å²) >= 11 is 0. The van der Waals surface area contributed by atoms with Crippen molar-refractivity contribution in [2.75, 3.05) is 27.3 Å². The lowest BCUT2D eigenvalue weighted by Crippen LogP contribution is -2.28. The van der Waals surface area contributed by atoms with Crippen LogP contribution in [0.5, 0.6) is 11.5 Å². The number of amides is 1. The van der Waals surface area contributed by atoms with E-state index in [0.717, 1.165) is 43.5 Å². The molecule has 1 amide bonds. The maximum absolute atomic E-state index is 12.5. The first kappa shape index (κ1) is 13.7. The lowest BCUT2D eigenvalue weighted by molar-refractivity contribution is 0.0791. The molecule has 1 aliphatic rings. The molecule has 0 saturated carbocycles. The van der Waals surface area contributed by atoms with Crippen molar-refractivity contribution < 1.29 is 14.3 Å². The number of carbonyl (C=O) groups is 1. The summed E-state index contributed by atoms with van der Waals surface area (Å²) in [6.07, 6.45) is 3.00. The number of likely N-dealkylation sites (tertiary alicyclic amines) is 1. The van der Waals surface area contributed by atoms with Crippen molar-refractivity contribution in [1.29, 1.82) is 0 Å². The molecule has 0 spiro atoms. The van der Waals surface area contributed by atoms with Crippen LogP contribution >= 0.6 is 0 Å². The minimum absolute atomic E-state index is 0.107. The standard InChI is InChI=1S/C15H21NO3/c1-4-11-9-13(18-2)14(19-3)10-12(11)15(17)16-7-5-6-8-16/h9-10H,4-8H2,1-3H3. The second-order valence-corrected chi connectivity index (χ2v) is 4.72. The molecule has 0 N–H and O–H groups in total. The highest BCUT2D eigenvalue weighted by molar-refractivity contribution is 5.96. The molecule has 1 aromatic carbocycles. The molecule has 0 aliphatic carbocycles. The molecule has 0 atom stereocenters.